The molecule has 0 atom stereocenters. The molecule has 0 aromatic heterocycles. The van der Waals surface area contributed by atoms with Crippen LogP contribution in [-0.2, 0) is 14.8 Å². The Morgan fingerprint density at radius 3 is 2.29 bits per heavy atom. The number of anilines is 1. The number of carbonyl (C=O) groups is 1. The van der Waals surface area contributed by atoms with Gasteiger partial charge in [0.1, 0.15) is 0 Å². The van der Waals surface area contributed by atoms with E-state index >= 15 is 0 Å². The number of hydrogen-bond acceptors (Lipinski definition) is 4. The maximum Gasteiger partial charge on any atom is 0.338 e. The molecule has 2 rings (SSSR count). The Bertz CT molecular complexity index is 827. The first-order chi connectivity index (χ1) is 11.3. The summed E-state index contributed by atoms with van der Waals surface area (Å²) in [5.41, 5.74) is 2.72. The number of hydrogen-bond donors (Lipinski definition) is 1. The molecule has 2 aromatic carbocycles. The lowest BCUT2D eigenvalue weighted by molar-refractivity contribution is 0.0505. The number of aryl methyl sites for hydroxylation is 2. The van der Waals surface area contributed by atoms with Gasteiger partial charge in [-0.05, 0) is 67.8 Å². The summed E-state index contributed by atoms with van der Waals surface area (Å²) in [6.07, 6.45) is 0.750. The van der Waals surface area contributed by atoms with E-state index in [2.05, 4.69) is 4.72 Å². The first-order valence-corrected chi connectivity index (χ1v) is 9.19. The Morgan fingerprint density at radius 1 is 1.04 bits per heavy atom. The minimum atomic E-state index is -3.67. The molecular weight excluding hydrogens is 326 g/mol. The highest BCUT2D eigenvalue weighted by Crippen LogP contribution is 2.19. The second-order valence-corrected chi connectivity index (χ2v) is 7.25. The van der Waals surface area contributed by atoms with Gasteiger partial charge in [0.05, 0.1) is 17.1 Å². The van der Waals surface area contributed by atoms with Gasteiger partial charge in [-0.1, -0.05) is 13.0 Å². The fourth-order valence-electron chi connectivity index (χ4n) is 2.05. The molecule has 0 spiro atoms. The Labute approximate surface area is 142 Å². The van der Waals surface area contributed by atoms with Gasteiger partial charge >= 0.3 is 5.97 Å². The van der Waals surface area contributed by atoms with E-state index in [-0.39, 0.29) is 4.90 Å². The summed E-state index contributed by atoms with van der Waals surface area (Å²) in [5.74, 6) is -0.416. The molecule has 0 saturated heterocycles. The lowest BCUT2D eigenvalue weighted by atomic mass is 10.1. The predicted molar refractivity (Wildman–Crippen MR) is 93.7 cm³/mol. The Hall–Kier alpha value is -2.34. The van der Waals surface area contributed by atoms with Crippen LogP contribution in [0.2, 0.25) is 0 Å². The van der Waals surface area contributed by atoms with Gasteiger partial charge in [-0.3, -0.25) is 4.72 Å². The third kappa shape index (κ3) is 4.35. The van der Waals surface area contributed by atoms with Crippen molar-refractivity contribution in [2.24, 2.45) is 0 Å². The fourth-order valence-corrected chi connectivity index (χ4v) is 3.19. The van der Waals surface area contributed by atoms with Crippen molar-refractivity contribution in [2.75, 3.05) is 11.3 Å². The molecule has 6 heteroatoms. The fraction of sp³-hybridized carbons (Fsp3) is 0.278. The Balaban J connectivity index is 2.15. The summed E-state index contributed by atoms with van der Waals surface area (Å²) >= 11 is 0. The molecule has 0 bridgehead atoms. The molecule has 0 fully saturated rings. The van der Waals surface area contributed by atoms with E-state index in [4.69, 9.17) is 4.74 Å². The molecule has 5 nitrogen and oxygen atoms in total. The minimum absolute atomic E-state index is 0.206. The van der Waals surface area contributed by atoms with Crippen molar-refractivity contribution in [1.82, 2.24) is 0 Å². The minimum Gasteiger partial charge on any atom is -0.462 e. The van der Waals surface area contributed by atoms with E-state index in [1.807, 2.05) is 20.8 Å². The molecule has 0 aliphatic rings. The van der Waals surface area contributed by atoms with Crippen LogP contribution < -0.4 is 4.72 Å². The average molecular weight is 347 g/mol. The first-order valence-electron chi connectivity index (χ1n) is 7.71. The lowest BCUT2D eigenvalue weighted by Crippen LogP contribution is -2.13. The molecule has 1 N–H and O–H groups in total. The zero-order chi connectivity index (χ0) is 17.7. The van der Waals surface area contributed by atoms with Gasteiger partial charge in [-0.25, -0.2) is 13.2 Å². The Kier molecular flexibility index (Phi) is 5.62. The zero-order valence-electron chi connectivity index (χ0n) is 14.0. The van der Waals surface area contributed by atoms with Gasteiger partial charge in [0.15, 0.2) is 0 Å². The SMILES string of the molecule is CCCOC(=O)c1ccc(NS(=O)(=O)c2ccc(C)c(C)c2)cc1. The third-order valence-corrected chi connectivity index (χ3v) is 4.98. The van der Waals surface area contributed by atoms with Crippen LogP contribution in [0.3, 0.4) is 0 Å². The van der Waals surface area contributed by atoms with Crippen molar-refractivity contribution >= 4 is 21.7 Å². The molecule has 0 heterocycles. The van der Waals surface area contributed by atoms with Gasteiger partial charge in [0.25, 0.3) is 10.0 Å². The Morgan fingerprint density at radius 2 is 1.71 bits per heavy atom. The summed E-state index contributed by atoms with van der Waals surface area (Å²) in [4.78, 5) is 11.9. The molecule has 24 heavy (non-hydrogen) atoms. The number of carbonyl (C=O) groups excluding carboxylic acids is 1. The highest BCUT2D eigenvalue weighted by molar-refractivity contribution is 7.92. The van der Waals surface area contributed by atoms with Crippen LogP contribution in [0.4, 0.5) is 5.69 Å². The van der Waals surface area contributed by atoms with Crippen LogP contribution in [0.25, 0.3) is 0 Å². The largest absolute Gasteiger partial charge is 0.462 e. The number of nitrogens with one attached hydrogen (secondary N) is 1. The summed E-state index contributed by atoms with van der Waals surface area (Å²) in [6.45, 7) is 6.07. The van der Waals surface area contributed by atoms with E-state index in [1.54, 1.807) is 30.3 Å². The molecule has 0 radical (unpaired) electrons. The van der Waals surface area contributed by atoms with Crippen LogP contribution >= 0.6 is 0 Å². The van der Waals surface area contributed by atoms with Gasteiger partial charge in [0, 0.05) is 5.69 Å². The van der Waals surface area contributed by atoms with E-state index in [0.29, 0.717) is 17.9 Å². The van der Waals surface area contributed by atoms with Crippen molar-refractivity contribution in [3.8, 4) is 0 Å². The topological polar surface area (TPSA) is 72.5 Å². The van der Waals surface area contributed by atoms with Crippen LogP contribution in [0.15, 0.2) is 47.4 Å². The molecule has 0 saturated carbocycles. The number of sulfonamides is 1. The molecule has 2 aromatic rings. The number of esters is 1. The van der Waals surface area contributed by atoms with Crippen molar-refractivity contribution < 1.29 is 17.9 Å². The average Bonchev–Trinajstić information content (AvgIpc) is 2.55. The van der Waals surface area contributed by atoms with Gasteiger partial charge in [-0.2, -0.15) is 0 Å². The van der Waals surface area contributed by atoms with E-state index in [0.717, 1.165) is 17.5 Å². The monoisotopic (exact) mass is 347 g/mol. The third-order valence-electron chi connectivity index (χ3n) is 3.60. The van der Waals surface area contributed by atoms with Crippen LogP contribution in [-0.4, -0.2) is 21.0 Å². The smallest absolute Gasteiger partial charge is 0.338 e. The van der Waals surface area contributed by atoms with Crippen LogP contribution in [0, 0.1) is 13.8 Å². The molecule has 0 amide bonds. The first kappa shape index (κ1) is 18.0. The molecule has 0 aliphatic heterocycles. The maximum absolute atomic E-state index is 12.4. The summed E-state index contributed by atoms with van der Waals surface area (Å²) < 4.78 is 32.4. The molecule has 128 valence electrons. The number of benzene rings is 2. The number of rotatable bonds is 6. The van der Waals surface area contributed by atoms with E-state index in [9.17, 15) is 13.2 Å². The maximum atomic E-state index is 12.4. The van der Waals surface area contributed by atoms with Crippen molar-refractivity contribution in [3.63, 3.8) is 0 Å². The highest BCUT2D eigenvalue weighted by Gasteiger charge is 2.15. The summed E-state index contributed by atoms with van der Waals surface area (Å²) in [6, 6.07) is 11.1. The van der Waals surface area contributed by atoms with Gasteiger partial charge in [0.2, 0.25) is 0 Å². The van der Waals surface area contributed by atoms with Crippen LogP contribution in [0.1, 0.15) is 34.8 Å². The van der Waals surface area contributed by atoms with Crippen LogP contribution in [0.5, 0.6) is 0 Å². The van der Waals surface area contributed by atoms with E-state index in [1.165, 1.54) is 12.1 Å². The summed E-state index contributed by atoms with van der Waals surface area (Å²) in [5, 5.41) is 0. The van der Waals surface area contributed by atoms with Crippen molar-refractivity contribution in [3.05, 3.63) is 59.2 Å². The standard InChI is InChI=1S/C18H21NO4S/c1-4-11-23-18(20)15-6-8-16(9-7-15)19-24(21,22)17-10-5-13(2)14(3)12-17/h5-10,12,19H,4,11H2,1-3H3. The van der Waals surface area contributed by atoms with Crippen molar-refractivity contribution in [2.45, 2.75) is 32.1 Å². The second-order valence-electron chi connectivity index (χ2n) is 5.56. The molecule has 0 unspecified atom stereocenters. The van der Waals surface area contributed by atoms with E-state index < -0.39 is 16.0 Å². The second kappa shape index (κ2) is 7.49. The predicted octanol–water partition coefficient (Wildman–Crippen LogP) is 3.67. The quantitative estimate of drug-likeness (QED) is 0.809. The lowest BCUT2D eigenvalue weighted by Gasteiger charge is -2.10. The molecule has 0 aliphatic carbocycles. The normalized spacial score (nSPS) is 11.1. The van der Waals surface area contributed by atoms with Crippen molar-refractivity contribution in [1.29, 1.82) is 0 Å². The number of ether oxygens (including phenoxy) is 1. The zero-order valence-corrected chi connectivity index (χ0v) is 14.8. The highest BCUT2D eigenvalue weighted by atomic mass is 32.2. The molecular formula is C18H21NO4S. The van der Waals surface area contributed by atoms with Gasteiger partial charge < -0.3 is 4.74 Å². The van der Waals surface area contributed by atoms with Gasteiger partial charge in [-0.15, -0.1) is 0 Å². The summed E-state index contributed by atoms with van der Waals surface area (Å²) in [7, 11) is -3.67.